The zero-order valence-corrected chi connectivity index (χ0v) is 20.8. The lowest BCUT2D eigenvalue weighted by atomic mass is 10.1. The van der Waals surface area contributed by atoms with Crippen molar-refractivity contribution in [1.29, 1.82) is 5.26 Å². The van der Waals surface area contributed by atoms with E-state index in [0.29, 0.717) is 27.7 Å². The van der Waals surface area contributed by atoms with Crippen LogP contribution in [0.3, 0.4) is 0 Å². The summed E-state index contributed by atoms with van der Waals surface area (Å²) in [5.41, 5.74) is 2.76. The minimum atomic E-state index is -3.87. The molecule has 1 unspecified atom stereocenters. The van der Waals surface area contributed by atoms with Gasteiger partial charge in [-0.1, -0.05) is 12.1 Å². The number of thiazole rings is 1. The molecular formula is C25H22FN5O3S2. The number of hydrogen-bond donors (Lipinski definition) is 2. The van der Waals surface area contributed by atoms with E-state index in [2.05, 4.69) is 20.8 Å². The molecule has 0 spiro atoms. The highest BCUT2D eigenvalue weighted by molar-refractivity contribution is 7.88. The minimum absolute atomic E-state index is 0.186. The summed E-state index contributed by atoms with van der Waals surface area (Å²) < 4.78 is 40.9. The number of nitrogens with zero attached hydrogens (tertiary/aromatic N) is 4. The molecule has 0 aliphatic carbocycles. The van der Waals surface area contributed by atoms with Gasteiger partial charge in [-0.3, -0.25) is 4.98 Å². The van der Waals surface area contributed by atoms with Gasteiger partial charge in [-0.05, 0) is 66.6 Å². The first-order valence-corrected chi connectivity index (χ1v) is 13.3. The molecule has 2 aromatic carbocycles. The number of aryl methyl sites for hydroxylation is 1. The van der Waals surface area contributed by atoms with Gasteiger partial charge >= 0.3 is 0 Å². The summed E-state index contributed by atoms with van der Waals surface area (Å²) in [7, 11) is -3.87. The predicted octanol–water partition coefficient (Wildman–Crippen LogP) is 4.31. The van der Waals surface area contributed by atoms with Crippen molar-refractivity contribution in [1.82, 2.24) is 14.7 Å². The van der Waals surface area contributed by atoms with E-state index in [-0.39, 0.29) is 17.3 Å². The van der Waals surface area contributed by atoms with Crippen molar-refractivity contribution in [2.75, 3.05) is 4.90 Å². The number of sulfonamides is 1. The molecule has 0 radical (unpaired) electrons. The molecule has 0 fully saturated rings. The van der Waals surface area contributed by atoms with Gasteiger partial charge in [-0.25, -0.2) is 17.8 Å². The molecule has 0 bridgehead atoms. The monoisotopic (exact) mass is 523 g/mol. The van der Waals surface area contributed by atoms with Gasteiger partial charge in [0.15, 0.2) is 11.4 Å². The van der Waals surface area contributed by atoms with Crippen LogP contribution in [-0.2, 0) is 22.3 Å². The number of nitrogens with one attached hydrogen (secondary N) is 1. The van der Waals surface area contributed by atoms with Crippen LogP contribution in [0, 0.1) is 24.1 Å². The first kappa shape index (κ1) is 25.4. The van der Waals surface area contributed by atoms with Crippen molar-refractivity contribution in [3.63, 3.8) is 0 Å². The Hall–Kier alpha value is -3.69. The van der Waals surface area contributed by atoms with Crippen molar-refractivity contribution in [3.8, 4) is 6.07 Å². The summed E-state index contributed by atoms with van der Waals surface area (Å²) in [6.07, 6.45) is 1.45. The number of aliphatic hydroxyl groups is 1. The number of hydrogen-bond acceptors (Lipinski definition) is 8. The third kappa shape index (κ3) is 6.30. The van der Waals surface area contributed by atoms with Crippen LogP contribution in [0.1, 0.15) is 33.5 Å². The summed E-state index contributed by atoms with van der Waals surface area (Å²) in [6.45, 7) is 2.08. The predicted molar refractivity (Wildman–Crippen MR) is 135 cm³/mol. The molecule has 0 saturated carbocycles. The van der Waals surface area contributed by atoms with Gasteiger partial charge in [0.1, 0.15) is 11.5 Å². The Labute approximate surface area is 212 Å². The zero-order valence-electron chi connectivity index (χ0n) is 19.2. The van der Waals surface area contributed by atoms with E-state index >= 15 is 0 Å². The van der Waals surface area contributed by atoms with Crippen LogP contribution in [0.2, 0.25) is 0 Å². The minimum Gasteiger partial charge on any atom is -0.372 e. The highest BCUT2D eigenvalue weighted by atomic mass is 32.2. The average Bonchev–Trinajstić information content (AvgIpc) is 3.25. The van der Waals surface area contributed by atoms with Gasteiger partial charge in [0.05, 0.1) is 23.9 Å². The third-order valence-corrected chi connectivity index (χ3v) is 7.58. The molecule has 36 heavy (non-hydrogen) atoms. The topological polar surface area (TPSA) is 119 Å². The lowest BCUT2D eigenvalue weighted by Crippen LogP contribution is -2.30. The number of pyridine rings is 1. The maximum Gasteiger partial charge on any atom is 0.218 e. The quantitative estimate of drug-likeness (QED) is 0.314. The molecule has 2 N–H and O–H groups in total. The van der Waals surface area contributed by atoms with Crippen LogP contribution in [0.25, 0.3) is 0 Å². The second kappa shape index (κ2) is 10.9. The average molecular weight is 524 g/mol. The van der Waals surface area contributed by atoms with E-state index < -0.39 is 16.3 Å². The number of anilines is 2. The SMILES string of the molecule is Cc1sc(N(Cc2ccc(F)cc2)c2ccc(C#N)cc2)nc1C(O)NS(=O)(=O)Cc1ccncc1. The van der Waals surface area contributed by atoms with Gasteiger partial charge in [-0.15, -0.1) is 11.3 Å². The molecule has 4 rings (SSSR count). The summed E-state index contributed by atoms with van der Waals surface area (Å²) in [4.78, 5) is 10.9. The second-order valence-corrected chi connectivity index (χ2v) is 10.9. The van der Waals surface area contributed by atoms with Crippen molar-refractivity contribution in [2.24, 2.45) is 0 Å². The highest BCUT2D eigenvalue weighted by Gasteiger charge is 2.24. The van der Waals surface area contributed by atoms with Crippen LogP contribution >= 0.6 is 11.3 Å². The fraction of sp³-hybridized carbons (Fsp3) is 0.160. The van der Waals surface area contributed by atoms with E-state index in [0.717, 1.165) is 11.3 Å². The maximum atomic E-state index is 13.4. The number of nitriles is 1. The molecule has 1 atom stereocenters. The summed E-state index contributed by atoms with van der Waals surface area (Å²) >= 11 is 1.28. The van der Waals surface area contributed by atoms with Crippen molar-refractivity contribution < 1.29 is 17.9 Å². The Morgan fingerprint density at radius 3 is 2.39 bits per heavy atom. The number of aliphatic hydroxyl groups excluding tert-OH is 1. The Balaban J connectivity index is 1.61. The molecule has 0 saturated heterocycles. The van der Waals surface area contributed by atoms with Crippen molar-refractivity contribution in [3.05, 3.63) is 106 Å². The molecule has 0 aliphatic heterocycles. The lowest BCUT2D eigenvalue weighted by Gasteiger charge is -2.22. The van der Waals surface area contributed by atoms with Crippen LogP contribution < -0.4 is 9.62 Å². The molecular weight excluding hydrogens is 501 g/mol. The fourth-order valence-electron chi connectivity index (χ4n) is 3.49. The Morgan fingerprint density at radius 2 is 1.75 bits per heavy atom. The number of rotatable bonds is 9. The molecule has 2 aromatic heterocycles. The van der Waals surface area contributed by atoms with Crippen LogP contribution in [-0.4, -0.2) is 23.5 Å². The molecule has 11 heteroatoms. The number of halogens is 1. The van der Waals surface area contributed by atoms with E-state index in [1.807, 2.05) is 4.90 Å². The van der Waals surface area contributed by atoms with Crippen LogP contribution in [0.15, 0.2) is 73.1 Å². The normalized spacial score (nSPS) is 12.2. The van der Waals surface area contributed by atoms with Crippen LogP contribution in [0.5, 0.6) is 0 Å². The highest BCUT2D eigenvalue weighted by Crippen LogP contribution is 2.35. The van der Waals surface area contributed by atoms with Gasteiger partial charge in [0.25, 0.3) is 0 Å². The third-order valence-electron chi connectivity index (χ3n) is 5.27. The van der Waals surface area contributed by atoms with Crippen LogP contribution in [0.4, 0.5) is 15.2 Å². The molecule has 0 aliphatic rings. The first-order valence-electron chi connectivity index (χ1n) is 10.8. The number of benzene rings is 2. The molecule has 2 heterocycles. The van der Waals surface area contributed by atoms with E-state index in [9.17, 15) is 17.9 Å². The molecule has 184 valence electrons. The molecule has 8 nitrogen and oxygen atoms in total. The van der Waals surface area contributed by atoms with Crippen molar-refractivity contribution >= 4 is 32.2 Å². The Kier molecular flexibility index (Phi) is 7.71. The van der Waals surface area contributed by atoms with Crippen molar-refractivity contribution in [2.45, 2.75) is 25.4 Å². The molecule has 0 amide bonds. The second-order valence-electron chi connectivity index (χ2n) is 7.94. The van der Waals surface area contributed by atoms with E-state index in [4.69, 9.17) is 5.26 Å². The largest absolute Gasteiger partial charge is 0.372 e. The molecule has 4 aromatic rings. The fourth-order valence-corrected chi connectivity index (χ4v) is 5.61. The summed E-state index contributed by atoms with van der Waals surface area (Å²) in [6, 6.07) is 18.2. The zero-order chi connectivity index (χ0) is 25.7. The Morgan fingerprint density at radius 1 is 1.08 bits per heavy atom. The van der Waals surface area contributed by atoms with Gasteiger partial charge in [-0.2, -0.15) is 9.98 Å². The number of aromatic nitrogens is 2. The van der Waals surface area contributed by atoms with E-state index in [1.54, 1.807) is 55.5 Å². The standard InChI is InChI=1S/C25H22FN5O3S2/c1-17-23(24(32)30-36(33,34)16-20-10-12-28-13-11-20)29-25(35-17)31(15-19-2-6-21(26)7-3-19)22-8-4-18(14-27)5-9-22/h2-13,24,30,32H,15-16H2,1H3. The first-order chi connectivity index (χ1) is 17.2. The maximum absolute atomic E-state index is 13.4. The van der Waals surface area contributed by atoms with Gasteiger partial charge < -0.3 is 10.0 Å². The lowest BCUT2D eigenvalue weighted by molar-refractivity contribution is 0.161. The summed E-state index contributed by atoms with van der Waals surface area (Å²) in [5, 5.41) is 20.4. The van der Waals surface area contributed by atoms with Gasteiger partial charge in [0, 0.05) is 23.0 Å². The van der Waals surface area contributed by atoms with E-state index in [1.165, 1.54) is 35.9 Å². The van der Waals surface area contributed by atoms with Gasteiger partial charge in [0.2, 0.25) is 10.0 Å². The Bertz CT molecular complexity index is 1470. The smallest absolute Gasteiger partial charge is 0.218 e. The summed E-state index contributed by atoms with van der Waals surface area (Å²) in [5.74, 6) is -0.664.